The van der Waals surface area contributed by atoms with Crippen LogP contribution in [0.2, 0.25) is 5.15 Å². The Morgan fingerprint density at radius 1 is 1.47 bits per heavy atom. The Bertz CT molecular complexity index is 483. The predicted molar refractivity (Wildman–Crippen MR) is 55.2 cm³/mol. The standard InChI is InChI=1S/C9H9ClN4O/c1-14-3-6(2-13-14)8-7(4-15)9(10)12-5-11-8/h2-3,5,15H,4H2,1H3. The molecule has 0 bridgehead atoms. The van der Waals surface area contributed by atoms with Crippen LogP contribution in [-0.2, 0) is 13.7 Å². The van der Waals surface area contributed by atoms with Crippen molar-refractivity contribution < 1.29 is 5.11 Å². The van der Waals surface area contributed by atoms with Gasteiger partial charge in [0.25, 0.3) is 0 Å². The van der Waals surface area contributed by atoms with Gasteiger partial charge < -0.3 is 5.11 Å². The fraction of sp³-hybridized carbons (Fsp3) is 0.222. The summed E-state index contributed by atoms with van der Waals surface area (Å²) >= 11 is 5.85. The van der Waals surface area contributed by atoms with E-state index < -0.39 is 0 Å². The smallest absolute Gasteiger partial charge is 0.138 e. The third kappa shape index (κ3) is 1.84. The van der Waals surface area contributed by atoms with Crippen molar-refractivity contribution in [2.75, 3.05) is 0 Å². The largest absolute Gasteiger partial charge is 0.391 e. The molecule has 1 N–H and O–H groups in total. The van der Waals surface area contributed by atoms with Gasteiger partial charge in [-0.25, -0.2) is 9.97 Å². The fourth-order valence-corrected chi connectivity index (χ4v) is 1.52. The maximum absolute atomic E-state index is 9.18. The number of halogens is 1. The van der Waals surface area contributed by atoms with Gasteiger partial charge in [-0.1, -0.05) is 11.6 Å². The highest BCUT2D eigenvalue weighted by Crippen LogP contribution is 2.24. The lowest BCUT2D eigenvalue weighted by Gasteiger charge is -2.04. The quantitative estimate of drug-likeness (QED) is 0.774. The molecule has 5 nitrogen and oxygen atoms in total. The van der Waals surface area contributed by atoms with Crippen molar-refractivity contribution in [1.82, 2.24) is 19.7 Å². The summed E-state index contributed by atoms with van der Waals surface area (Å²) in [6.45, 7) is -0.191. The molecule has 0 unspecified atom stereocenters. The molecule has 2 heterocycles. The average Bonchev–Trinajstić information content (AvgIpc) is 2.64. The Balaban J connectivity index is 2.57. The van der Waals surface area contributed by atoms with Crippen molar-refractivity contribution in [3.8, 4) is 11.3 Å². The summed E-state index contributed by atoms with van der Waals surface area (Å²) < 4.78 is 1.66. The molecule has 78 valence electrons. The van der Waals surface area contributed by atoms with Crippen molar-refractivity contribution in [2.45, 2.75) is 6.61 Å². The van der Waals surface area contributed by atoms with E-state index in [2.05, 4.69) is 15.1 Å². The number of aliphatic hydroxyl groups excluding tert-OH is 1. The fourth-order valence-electron chi connectivity index (χ4n) is 1.32. The van der Waals surface area contributed by atoms with E-state index in [0.29, 0.717) is 11.3 Å². The van der Waals surface area contributed by atoms with Crippen molar-refractivity contribution in [3.63, 3.8) is 0 Å². The van der Waals surface area contributed by atoms with E-state index >= 15 is 0 Å². The molecule has 6 heteroatoms. The molecule has 15 heavy (non-hydrogen) atoms. The van der Waals surface area contributed by atoms with Crippen LogP contribution in [0.1, 0.15) is 5.56 Å². The number of aryl methyl sites for hydroxylation is 1. The van der Waals surface area contributed by atoms with Crippen molar-refractivity contribution >= 4 is 11.6 Å². The third-order valence-electron chi connectivity index (χ3n) is 2.03. The van der Waals surface area contributed by atoms with Crippen molar-refractivity contribution in [2.24, 2.45) is 7.05 Å². The average molecular weight is 225 g/mol. The molecule has 0 spiro atoms. The Labute approximate surface area is 91.4 Å². The van der Waals surface area contributed by atoms with Crippen LogP contribution < -0.4 is 0 Å². The van der Waals surface area contributed by atoms with E-state index in [4.69, 9.17) is 11.6 Å². The Morgan fingerprint density at radius 2 is 2.27 bits per heavy atom. The number of hydrogen-bond acceptors (Lipinski definition) is 4. The number of nitrogens with zero attached hydrogens (tertiary/aromatic N) is 4. The Kier molecular flexibility index (Phi) is 2.66. The maximum atomic E-state index is 9.18. The summed E-state index contributed by atoms with van der Waals surface area (Å²) in [5.41, 5.74) is 1.95. The van der Waals surface area contributed by atoms with Gasteiger partial charge in [0, 0.05) is 24.4 Å². The van der Waals surface area contributed by atoms with E-state index in [0.717, 1.165) is 5.56 Å². The van der Waals surface area contributed by atoms with Gasteiger partial charge in [-0.15, -0.1) is 0 Å². The molecular formula is C9H9ClN4O. The minimum Gasteiger partial charge on any atom is -0.391 e. The van der Waals surface area contributed by atoms with Gasteiger partial charge in [-0.2, -0.15) is 5.10 Å². The number of rotatable bonds is 2. The molecule has 0 aliphatic heterocycles. The van der Waals surface area contributed by atoms with E-state index in [1.165, 1.54) is 6.33 Å². The third-order valence-corrected chi connectivity index (χ3v) is 2.35. The lowest BCUT2D eigenvalue weighted by atomic mass is 10.1. The van der Waals surface area contributed by atoms with Crippen LogP contribution >= 0.6 is 11.6 Å². The van der Waals surface area contributed by atoms with Gasteiger partial charge in [0.1, 0.15) is 11.5 Å². The molecule has 0 aliphatic rings. The van der Waals surface area contributed by atoms with Crippen LogP contribution in [0, 0.1) is 0 Å². The highest BCUT2D eigenvalue weighted by Gasteiger charge is 2.11. The van der Waals surface area contributed by atoms with Crippen LogP contribution in [0.3, 0.4) is 0 Å². The monoisotopic (exact) mass is 224 g/mol. The highest BCUT2D eigenvalue weighted by molar-refractivity contribution is 6.30. The van der Waals surface area contributed by atoms with Gasteiger partial charge in [-0.3, -0.25) is 4.68 Å². The van der Waals surface area contributed by atoms with Crippen LogP contribution in [0.15, 0.2) is 18.7 Å². The summed E-state index contributed by atoms with van der Waals surface area (Å²) in [4.78, 5) is 7.90. The Morgan fingerprint density at radius 3 is 2.87 bits per heavy atom. The Hall–Kier alpha value is -1.46. The van der Waals surface area contributed by atoms with Gasteiger partial charge in [0.2, 0.25) is 0 Å². The molecule has 0 aromatic carbocycles. The molecule has 2 aromatic rings. The number of hydrogen-bond donors (Lipinski definition) is 1. The lowest BCUT2D eigenvalue weighted by Crippen LogP contribution is -1.96. The van der Waals surface area contributed by atoms with E-state index in [1.807, 2.05) is 7.05 Å². The van der Waals surface area contributed by atoms with Gasteiger partial charge in [-0.05, 0) is 0 Å². The molecule has 0 saturated carbocycles. The van der Waals surface area contributed by atoms with E-state index in [1.54, 1.807) is 17.1 Å². The first kappa shape index (κ1) is 10.1. The first-order valence-corrected chi connectivity index (χ1v) is 4.69. The second-order valence-corrected chi connectivity index (χ2v) is 3.41. The van der Waals surface area contributed by atoms with E-state index in [9.17, 15) is 5.11 Å². The summed E-state index contributed by atoms with van der Waals surface area (Å²) in [7, 11) is 1.81. The molecule has 0 fully saturated rings. The topological polar surface area (TPSA) is 63.8 Å². The molecule has 2 aromatic heterocycles. The maximum Gasteiger partial charge on any atom is 0.138 e. The molecule has 0 amide bonds. The molecule has 2 rings (SSSR count). The summed E-state index contributed by atoms with van der Waals surface area (Å²) in [5.74, 6) is 0. The zero-order chi connectivity index (χ0) is 10.8. The molecule has 0 atom stereocenters. The summed E-state index contributed by atoms with van der Waals surface area (Å²) in [6.07, 6.45) is 4.83. The van der Waals surface area contributed by atoms with Crippen molar-refractivity contribution in [1.29, 1.82) is 0 Å². The zero-order valence-corrected chi connectivity index (χ0v) is 8.81. The second-order valence-electron chi connectivity index (χ2n) is 3.05. The molecule has 0 radical (unpaired) electrons. The first-order chi connectivity index (χ1) is 7.22. The predicted octanol–water partition coefficient (Wildman–Crippen LogP) is 1.02. The van der Waals surface area contributed by atoms with Crippen LogP contribution in [-0.4, -0.2) is 24.9 Å². The van der Waals surface area contributed by atoms with E-state index in [-0.39, 0.29) is 11.8 Å². The minimum absolute atomic E-state index is 0.191. The van der Waals surface area contributed by atoms with Crippen molar-refractivity contribution in [3.05, 3.63) is 29.4 Å². The van der Waals surface area contributed by atoms with Gasteiger partial charge in [0.15, 0.2) is 0 Å². The normalized spacial score (nSPS) is 10.6. The highest BCUT2D eigenvalue weighted by atomic mass is 35.5. The minimum atomic E-state index is -0.191. The first-order valence-electron chi connectivity index (χ1n) is 4.31. The molecule has 0 aliphatic carbocycles. The summed E-state index contributed by atoms with van der Waals surface area (Å²) in [6, 6.07) is 0. The molecule has 0 saturated heterocycles. The molecular weight excluding hydrogens is 216 g/mol. The zero-order valence-electron chi connectivity index (χ0n) is 8.05. The van der Waals surface area contributed by atoms with Gasteiger partial charge in [0.05, 0.1) is 18.5 Å². The van der Waals surface area contributed by atoms with Crippen LogP contribution in [0.25, 0.3) is 11.3 Å². The lowest BCUT2D eigenvalue weighted by molar-refractivity contribution is 0.281. The summed E-state index contributed by atoms with van der Waals surface area (Å²) in [5, 5.41) is 13.5. The SMILES string of the molecule is Cn1cc(-c2ncnc(Cl)c2CO)cn1. The number of aromatic nitrogens is 4. The van der Waals surface area contributed by atoms with Gasteiger partial charge >= 0.3 is 0 Å². The number of aliphatic hydroxyl groups is 1. The van der Waals surface area contributed by atoms with Crippen LogP contribution in [0.5, 0.6) is 0 Å². The van der Waals surface area contributed by atoms with Crippen LogP contribution in [0.4, 0.5) is 0 Å². The second kappa shape index (κ2) is 3.96.